The molecule has 1 heterocycles. The van der Waals surface area contributed by atoms with Crippen LogP contribution in [0.15, 0.2) is 0 Å². The third-order valence-electron chi connectivity index (χ3n) is 2.21. The molecule has 4 nitrogen and oxygen atoms in total. The van der Waals surface area contributed by atoms with E-state index in [1.807, 2.05) is 19.0 Å². The third-order valence-corrected chi connectivity index (χ3v) is 2.21. The van der Waals surface area contributed by atoms with Gasteiger partial charge in [-0.1, -0.05) is 0 Å². The van der Waals surface area contributed by atoms with Crippen molar-refractivity contribution in [3.8, 4) is 0 Å². The second kappa shape index (κ2) is 3.19. The van der Waals surface area contributed by atoms with Crippen molar-refractivity contribution in [2.24, 2.45) is 0 Å². The Morgan fingerprint density at radius 3 is 2.73 bits per heavy atom. The molecular weight excluding hydrogens is 144 g/mol. The van der Waals surface area contributed by atoms with Crippen molar-refractivity contribution in [3.05, 3.63) is 0 Å². The summed E-state index contributed by atoms with van der Waals surface area (Å²) in [5.74, 6) is -0.968. The predicted octanol–water partition coefficient (Wildman–Crippen LogP) is -3.09. The molecule has 64 valence electrons. The van der Waals surface area contributed by atoms with Crippen LogP contribution in [0.3, 0.4) is 0 Å². The highest BCUT2D eigenvalue weighted by Gasteiger charge is 2.28. The Morgan fingerprint density at radius 2 is 2.36 bits per heavy atom. The number of likely N-dealkylation sites (N-methyl/N-ethyl adjacent to an activating group) is 2. The number of nitrogens with one attached hydrogen (secondary N) is 1. The van der Waals surface area contributed by atoms with Crippen LogP contribution in [0.5, 0.6) is 0 Å². The van der Waals surface area contributed by atoms with Gasteiger partial charge in [-0.3, -0.25) is 4.90 Å². The number of carboxylic acids is 1. The van der Waals surface area contributed by atoms with Crippen molar-refractivity contribution in [2.75, 3.05) is 27.2 Å². The first-order chi connectivity index (χ1) is 5.13. The van der Waals surface area contributed by atoms with Crippen LogP contribution < -0.4 is 10.0 Å². The zero-order valence-electron chi connectivity index (χ0n) is 6.96. The summed E-state index contributed by atoms with van der Waals surface area (Å²) in [5.41, 5.74) is 0. The van der Waals surface area contributed by atoms with Gasteiger partial charge in [0.1, 0.15) is 5.97 Å². The van der Waals surface area contributed by atoms with E-state index >= 15 is 0 Å². The maximum Gasteiger partial charge on any atom is 0.184 e. The minimum Gasteiger partial charge on any atom is -0.543 e. The molecule has 0 spiro atoms. The molecule has 0 aliphatic carbocycles. The lowest BCUT2D eigenvalue weighted by atomic mass is 10.2. The lowest BCUT2D eigenvalue weighted by Crippen LogP contribution is -3.17. The van der Waals surface area contributed by atoms with Gasteiger partial charge in [0, 0.05) is 13.0 Å². The molecule has 1 fully saturated rings. The monoisotopic (exact) mass is 158 g/mol. The van der Waals surface area contributed by atoms with E-state index in [1.165, 1.54) is 0 Å². The van der Waals surface area contributed by atoms with Crippen LogP contribution in [0.2, 0.25) is 0 Å². The minimum atomic E-state index is -0.968. The quantitative estimate of drug-likeness (QED) is 0.440. The van der Waals surface area contributed by atoms with E-state index in [0.717, 1.165) is 24.4 Å². The van der Waals surface area contributed by atoms with Crippen molar-refractivity contribution in [1.82, 2.24) is 4.90 Å². The Morgan fingerprint density at radius 1 is 1.73 bits per heavy atom. The Balaban J connectivity index is 2.62. The van der Waals surface area contributed by atoms with Crippen LogP contribution in [-0.4, -0.2) is 44.2 Å². The molecule has 0 aromatic carbocycles. The first-order valence-corrected chi connectivity index (χ1v) is 3.86. The number of rotatable bonds is 1. The lowest BCUT2D eigenvalue weighted by molar-refractivity contribution is -0.917. The van der Waals surface area contributed by atoms with Gasteiger partial charge in [0.15, 0.2) is 6.17 Å². The van der Waals surface area contributed by atoms with Crippen LogP contribution >= 0.6 is 0 Å². The maximum absolute atomic E-state index is 10.6. The fourth-order valence-electron chi connectivity index (χ4n) is 1.63. The first kappa shape index (κ1) is 8.49. The van der Waals surface area contributed by atoms with Crippen LogP contribution in [0.25, 0.3) is 0 Å². The van der Waals surface area contributed by atoms with E-state index in [-0.39, 0.29) is 0 Å². The minimum absolute atomic E-state index is 0.455. The van der Waals surface area contributed by atoms with Crippen molar-refractivity contribution in [3.63, 3.8) is 0 Å². The first-order valence-electron chi connectivity index (χ1n) is 3.86. The highest BCUT2D eigenvalue weighted by Crippen LogP contribution is 1.94. The molecular formula is C7H14N2O2. The van der Waals surface area contributed by atoms with Crippen LogP contribution in [0.1, 0.15) is 6.42 Å². The van der Waals surface area contributed by atoms with Gasteiger partial charge < -0.3 is 14.8 Å². The Kier molecular flexibility index (Phi) is 2.46. The predicted molar refractivity (Wildman–Crippen MR) is 37.8 cm³/mol. The molecule has 11 heavy (non-hydrogen) atoms. The molecule has 1 aliphatic rings. The van der Waals surface area contributed by atoms with Crippen molar-refractivity contribution >= 4 is 5.97 Å². The molecule has 0 aromatic rings. The second-order valence-corrected chi connectivity index (χ2v) is 3.15. The van der Waals surface area contributed by atoms with Crippen molar-refractivity contribution in [2.45, 2.75) is 12.6 Å². The number of nitrogens with zero attached hydrogens (tertiary/aromatic N) is 1. The Bertz CT molecular complexity index is 151. The number of quaternary nitrogens is 1. The molecule has 4 heteroatoms. The number of carbonyl (C=O) groups excluding carboxylic acids is 1. The van der Waals surface area contributed by atoms with E-state index in [0.29, 0.717) is 0 Å². The van der Waals surface area contributed by atoms with E-state index in [9.17, 15) is 9.90 Å². The molecule has 1 N–H and O–H groups in total. The Labute approximate surface area is 66.4 Å². The van der Waals surface area contributed by atoms with Gasteiger partial charge in [-0.2, -0.15) is 0 Å². The zero-order chi connectivity index (χ0) is 8.43. The fraction of sp³-hybridized carbons (Fsp3) is 0.857. The number of hydrogen-bond donors (Lipinski definition) is 1. The summed E-state index contributed by atoms with van der Waals surface area (Å²) >= 11 is 0. The van der Waals surface area contributed by atoms with Gasteiger partial charge in [0.05, 0.1) is 13.6 Å². The molecule has 0 bridgehead atoms. The molecule has 2 unspecified atom stereocenters. The average molecular weight is 158 g/mol. The molecule has 0 radical (unpaired) electrons. The van der Waals surface area contributed by atoms with E-state index in [1.54, 1.807) is 0 Å². The number of hydrogen-bond acceptors (Lipinski definition) is 3. The van der Waals surface area contributed by atoms with Gasteiger partial charge in [-0.15, -0.1) is 0 Å². The molecule has 0 saturated carbocycles. The number of aliphatic carboxylic acids is 1. The van der Waals surface area contributed by atoms with E-state index in [4.69, 9.17) is 0 Å². The summed E-state index contributed by atoms with van der Waals surface area (Å²) in [6.07, 6.45) is 0.607. The van der Waals surface area contributed by atoms with Crippen LogP contribution in [0, 0.1) is 0 Å². The summed E-state index contributed by atoms with van der Waals surface area (Å²) in [5, 5.41) is 10.6. The summed E-state index contributed by atoms with van der Waals surface area (Å²) < 4.78 is 0. The molecule has 0 aromatic heterocycles. The van der Waals surface area contributed by atoms with E-state index < -0.39 is 12.1 Å². The normalized spacial score (nSPS) is 33.6. The van der Waals surface area contributed by atoms with Crippen molar-refractivity contribution < 1.29 is 14.8 Å². The maximum atomic E-state index is 10.6. The molecule has 1 rings (SSSR count). The summed E-state index contributed by atoms with van der Waals surface area (Å²) in [7, 11) is 3.71. The highest BCUT2D eigenvalue weighted by atomic mass is 16.4. The Hall–Kier alpha value is -0.610. The second-order valence-electron chi connectivity index (χ2n) is 3.15. The van der Waals surface area contributed by atoms with E-state index in [2.05, 4.69) is 0 Å². The molecule has 1 saturated heterocycles. The topological polar surface area (TPSA) is 47.8 Å². The molecule has 1 aliphatic heterocycles. The standard InChI is InChI=1S/C7H14N2O2/c1-8-4-3-5-9(2)6(8)7(10)11/h6H,3-5H2,1-2H3,(H,10,11). The number of carboxylic acid groups (broad SMARTS) is 1. The molecule has 0 amide bonds. The molecule has 2 atom stereocenters. The summed E-state index contributed by atoms with van der Waals surface area (Å²) in [4.78, 5) is 13.4. The van der Waals surface area contributed by atoms with Crippen molar-refractivity contribution in [1.29, 1.82) is 0 Å². The fourth-order valence-corrected chi connectivity index (χ4v) is 1.63. The van der Waals surface area contributed by atoms with Gasteiger partial charge >= 0.3 is 0 Å². The highest BCUT2D eigenvalue weighted by molar-refractivity contribution is 5.68. The van der Waals surface area contributed by atoms with Gasteiger partial charge in [0.25, 0.3) is 0 Å². The lowest BCUT2D eigenvalue weighted by Gasteiger charge is -2.37. The summed E-state index contributed by atoms with van der Waals surface area (Å²) in [6.45, 7) is 1.78. The van der Waals surface area contributed by atoms with Gasteiger partial charge in [-0.25, -0.2) is 0 Å². The smallest absolute Gasteiger partial charge is 0.184 e. The number of carbonyl (C=O) groups is 1. The summed E-state index contributed by atoms with van der Waals surface area (Å²) in [6, 6.07) is 0. The van der Waals surface area contributed by atoms with Crippen LogP contribution in [0.4, 0.5) is 0 Å². The zero-order valence-corrected chi connectivity index (χ0v) is 6.96. The SMILES string of the molecule is CN1CCC[NH+](C)C1C(=O)[O-]. The average Bonchev–Trinajstić information content (AvgIpc) is 1.85. The van der Waals surface area contributed by atoms with Gasteiger partial charge in [0.2, 0.25) is 0 Å². The van der Waals surface area contributed by atoms with Crippen LogP contribution in [-0.2, 0) is 4.79 Å². The largest absolute Gasteiger partial charge is 0.543 e. The third kappa shape index (κ3) is 1.70. The van der Waals surface area contributed by atoms with Gasteiger partial charge in [-0.05, 0) is 7.05 Å².